The summed E-state index contributed by atoms with van der Waals surface area (Å²) in [6, 6.07) is 5.68. The number of nitrogens with one attached hydrogen (secondary N) is 1. The van der Waals surface area contributed by atoms with E-state index in [2.05, 4.69) is 5.32 Å². The molecule has 0 aliphatic carbocycles. The van der Waals surface area contributed by atoms with Gasteiger partial charge >= 0.3 is 0 Å². The van der Waals surface area contributed by atoms with Crippen LogP contribution in [0.25, 0.3) is 0 Å². The van der Waals surface area contributed by atoms with E-state index in [4.69, 9.17) is 19.7 Å². The van der Waals surface area contributed by atoms with E-state index in [-0.39, 0.29) is 20.0 Å². The zero-order valence-corrected chi connectivity index (χ0v) is 9.77. The van der Waals surface area contributed by atoms with E-state index in [1.165, 1.54) is 0 Å². The molecule has 17 heavy (non-hydrogen) atoms. The second-order valence-electron chi connectivity index (χ2n) is 4.42. The third kappa shape index (κ3) is 2.69. The van der Waals surface area contributed by atoms with Crippen LogP contribution in [0.2, 0.25) is 0 Å². The molecule has 0 spiro atoms. The highest BCUT2D eigenvalue weighted by atomic mass is 16.7. The molecule has 0 fully saturated rings. The summed E-state index contributed by atoms with van der Waals surface area (Å²) >= 11 is 0. The monoisotopic (exact) mass is 239 g/mol. The Morgan fingerprint density at radius 3 is 2.65 bits per heavy atom. The molecule has 0 amide bonds. The van der Waals surface area contributed by atoms with Crippen molar-refractivity contribution in [2.24, 2.45) is 0 Å². The van der Waals surface area contributed by atoms with Crippen molar-refractivity contribution in [3.05, 3.63) is 23.8 Å². The van der Waals surface area contributed by atoms with Gasteiger partial charge in [-0.1, -0.05) is 6.07 Å². The lowest BCUT2D eigenvalue weighted by Crippen LogP contribution is -2.48. The van der Waals surface area contributed by atoms with Gasteiger partial charge in [-0.05, 0) is 24.6 Å². The number of hydrogen-bond donors (Lipinski definition) is 3. The highest BCUT2D eigenvalue weighted by Crippen LogP contribution is 2.32. The molecular formula is C12H17NO4. The fraction of sp³-hybridized carbons (Fsp3) is 0.500. The molecule has 1 aliphatic rings. The molecule has 0 saturated heterocycles. The maximum Gasteiger partial charge on any atom is 0.231 e. The Kier molecular flexibility index (Phi) is 3.51. The summed E-state index contributed by atoms with van der Waals surface area (Å²) in [6.07, 6.45) is 0. The van der Waals surface area contributed by atoms with Gasteiger partial charge in [-0.2, -0.15) is 0 Å². The number of aliphatic hydroxyl groups excluding tert-OH is 2. The molecule has 3 N–H and O–H groups in total. The quantitative estimate of drug-likeness (QED) is 0.687. The first-order valence-corrected chi connectivity index (χ1v) is 5.52. The van der Waals surface area contributed by atoms with Gasteiger partial charge in [0.2, 0.25) is 6.79 Å². The van der Waals surface area contributed by atoms with E-state index in [1.54, 1.807) is 6.92 Å². The lowest BCUT2D eigenvalue weighted by Gasteiger charge is -2.26. The molecule has 1 aromatic rings. The molecule has 0 radical (unpaired) electrons. The van der Waals surface area contributed by atoms with Crippen molar-refractivity contribution in [1.29, 1.82) is 0 Å². The summed E-state index contributed by atoms with van der Waals surface area (Å²) < 4.78 is 10.5. The van der Waals surface area contributed by atoms with Gasteiger partial charge in [0.25, 0.3) is 0 Å². The molecule has 0 atom stereocenters. The van der Waals surface area contributed by atoms with Crippen molar-refractivity contribution in [3.8, 4) is 11.5 Å². The topological polar surface area (TPSA) is 71.0 Å². The summed E-state index contributed by atoms with van der Waals surface area (Å²) in [5, 5.41) is 21.4. The first-order valence-electron chi connectivity index (χ1n) is 5.52. The average Bonchev–Trinajstić information content (AvgIpc) is 2.83. The molecule has 1 aromatic carbocycles. The summed E-state index contributed by atoms with van der Waals surface area (Å²) in [5.41, 5.74) is 0.346. The lowest BCUT2D eigenvalue weighted by molar-refractivity contribution is 0.103. The van der Waals surface area contributed by atoms with E-state index in [0.717, 1.165) is 17.1 Å². The molecule has 94 valence electrons. The Bertz CT molecular complexity index is 390. The van der Waals surface area contributed by atoms with Crippen LogP contribution in [0.15, 0.2) is 18.2 Å². The Hall–Kier alpha value is -1.30. The highest BCUT2D eigenvalue weighted by Gasteiger charge is 2.21. The Labute approximate surface area is 100.0 Å². The number of fused-ring (bicyclic) bond motifs is 1. The molecule has 2 rings (SSSR count). The van der Waals surface area contributed by atoms with Crippen LogP contribution in [-0.4, -0.2) is 35.8 Å². The molecule has 1 aliphatic heterocycles. The first kappa shape index (κ1) is 12.2. The van der Waals surface area contributed by atoms with Crippen LogP contribution >= 0.6 is 0 Å². The molecule has 0 unspecified atom stereocenters. The summed E-state index contributed by atoms with van der Waals surface area (Å²) in [5.74, 6) is 1.49. The third-order valence-corrected chi connectivity index (χ3v) is 2.85. The van der Waals surface area contributed by atoms with Crippen LogP contribution in [0.5, 0.6) is 11.5 Å². The fourth-order valence-electron chi connectivity index (χ4n) is 1.53. The summed E-state index contributed by atoms with van der Waals surface area (Å²) in [6.45, 7) is 2.34. The van der Waals surface area contributed by atoms with Crippen molar-refractivity contribution in [1.82, 2.24) is 5.32 Å². The minimum Gasteiger partial charge on any atom is -0.454 e. The van der Waals surface area contributed by atoms with E-state index in [0.29, 0.717) is 6.54 Å². The number of rotatable bonds is 5. The smallest absolute Gasteiger partial charge is 0.231 e. The molecule has 0 saturated carbocycles. The van der Waals surface area contributed by atoms with Crippen LogP contribution in [0.1, 0.15) is 12.5 Å². The minimum absolute atomic E-state index is 0.117. The van der Waals surface area contributed by atoms with Crippen LogP contribution in [0.4, 0.5) is 0 Å². The van der Waals surface area contributed by atoms with E-state index >= 15 is 0 Å². The highest BCUT2D eigenvalue weighted by molar-refractivity contribution is 5.44. The molecule has 5 heteroatoms. The zero-order valence-electron chi connectivity index (χ0n) is 9.77. The molecule has 0 aromatic heterocycles. The number of hydrogen-bond acceptors (Lipinski definition) is 5. The predicted molar refractivity (Wildman–Crippen MR) is 62.0 cm³/mol. The minimum atomic E-state index is -0.670. The maximum absolute atomic E-state index is 9.15. The summed E-state index contributed by atoms with van der Waals surface area (Å²) in [4.78, 5) is 0. The first-order chi connectivity index (χ1) is 8.17. The maximum atomic E-state index is 9.15. The molecular weight excluding hydrogens is 222 g/mol. The normalized spacial score (nSPS) is 14.1. The van der Waals surface area contributed by atoms with Crippen LogP contribution in [0.3, 0.4) is 0 Å². The second kappa shape index (κ2) is 4.91. The lowest BCUT2D eigenvalue weighted by atomic mass is 10.0. The van der Waals surface area contributed by atoms with Gasteiger partial charge in [0.15, 0.2) is 11.5 Å². The van der Waals surface area contributed by atoms with Crippen LogP contribution in [-0.2, 0) is 6.54 Å². The van der Waals surface area contributed by atoms with Gasteiger partial charge in [-0.15, -0.1) is 0 Å². The van der Waals surface area contributed by atoms with Crippen molar-refractivity contribution in [2.75, 3.05) is 20.0 Å². The Balaban J connectivity index is 2.00. The largest absolute Gasteiger partial charge is 0.454 e. The molecule has 1 heterocycles. The fourth-order valence-corrected chi connectivity index (χ4v) is 1.53. The number of aliphatic hydroxyl groups is 2. The van der Waals surface area contributed by atoms with Crippen molar-refractivity contribution >= 4 is 0 Å². The third-order valence-electron chi connectivity index (χ3n) is 2.85. The van der Waals surface area contributed by atoms with Gasteiger partial charge in [-0.25, -0.2) is 0 Å². The van der Waals surface area contributed by atoms with Gasteiger partial charge in [0.05, 0.1) is 18.8 Å². The Morgan fingerprint density at radius 1 is 1.24 bits per heavy atom. The van der Waals surface area contributed by atoms with E-state index in [1.807, 2.05) is 18.2 Å². The number of ether oxygens (including phenoxy) is 2. The van der Waals surface area contributed by atoms with Crippen LogP contribution in [0, 0.1) is 0 Å². The predicted octanol–water partition coefficient (Wildman–Crippen LogP) is 0.248. The van der Waals surface area contributed by atoms with Gasteiger partial charge in [0.1, 0.15) is 0 Å². The molecule has 0 bridgehead atoms. The number of benzene rings is 1. The van der Waals surface area contributed by atoms with E-state index in [9.17, 15) is 0 Å². The Morgan fingerprint density at radius 2 is 1.94 bits per heavy atom. The van der Waals surface area contributed by atoms with Crippen molar-refractivity contribution in [3.63, 3.8) is 0 Å². The van der Waals surface area contributed by atoms with Gasteiger partial charge < -0.3 is 25.0 Å². The van der Waals surface area contributed by atoms with Crippen molar-refractivity contribution in [2.45, 2.75) is 19.0 Å². The van der Waals surface area contributed by atoms with Gasteiger partial charge in [0, 0.05) is 6.54 Å². The van der Waals surface area contributed by atoms with E-state index < -0.39 is 5.54 Å². The average molecular weight is 239 g/mol. The van der Waals surface area contributed by atoms with Crippen molar-refractivity contribution < 1.29 is 19.7 Å². The zero-order chi connectivity index (χ0) is 12.3. The van der Waals surface area contributed by atoms with Crippen LogP contribution < -0.4 is 14.8 Å². The summed E-state index contributed by atoms with van der Waals surface area (Å²) in [7, 11) is 0. The second-order valence-corrected chi connectivity index (χ2v) is 4.42. The standard InChI is InChI=1S/C12H17NO4/c1-12(6-14,7-15)13-5-9-2-3-10-11(4-9)17-8-16-10/h2-4,13-15H,5-8H2,1H3. The molecule has 5 nitrogen and oxygen atoms in total. The SMILES string of the molecule is CC(CO)(CO)NCc1ccc2c(c1)OCO2. The van der Waals surface area contributed by atoms with Gasteiger partial charge in [-0.3, -0.25) is 0 Å².